The minimum Gasteiger partial charge on any atom is -0.497 e. The second kappa shape index (κ2) is 11.8. The smallest absolute Gasteiger partial charge is 0.339 e. The number of hydrogen-bond donors (Lipinski definition) is 1. The zero-order chi connectivity index (χ0) is 27.4. The van der Waals surface area contributed by atoms with Gasteiger partial charge in [0.2, 0.25) is 0 Å². The summed E-state index contributed by atoms with van der Waals surface area (Å²) < 4.78 is 31.1. The van der Waals surface area contributed by atoms with Gasteiger partial charge in [-0.15, -0.1) is 0 Å². The van der Waals surface area contributed by atoms with Crippen LogP contribution in [0.5, 0.6) is 11.5 Å². The third-order valence-electron chi connectivity index (χ3n) is 6.52. The summed E-state index contributed by atoms with van der Waals surface area (Å²) in [7, 11) is 1.48. The van der Waals surface area contributed by atoms with E-state index in [0.29, 0.717) is 34.9 Å². The number of fused-ring (bicyclic) bond motifs is 1. The molecule has 0 amide bonds. The van der Waals surface area contributed by atoms with Gasteiger partial charge in [-0.1, -0.05) is 41.9 Å². The first-order valence-corrected chi connectivity index (χ1v) is 13.0. The number of carbonyl (C=O) groups is 1. The van der Waals surface area contributed by atoms with E-state index in [-0.39, 0.29) is 22.9 Å². The fraction of sp³-hybridized carbons (Fsp3) is 0.226. The summed E-state index contributed by atoms with van der Waals surface area (Å²) in [6, 6.07) is 19.1. The van der Waals surface area contributed by atoms with Crippen LogP contribution in [0.15, 0.2) is 66.7 Å². The molecule has 4 aromatic rings. The average molecular weight is 548 g/mol. The zero-order valence-electron chi connectivity index (χ0n) is 21.3. The molecule has 39 heavy (non-hydrogen) atoms. The lowest BCUT2D eigenvalue weighted by Gasteiger charge is -2.20. The Morgan fingerprint density at radius 1 is 1.13 bits per heavy atom. The number of rotatable bonds is 11. The Hall–Kier alpha value is -3.94. The topological polar surface area (TPSA) is 77.9 Å². The van der Waals surface area contributed by atoms with E-state index < -0.39 is 17.9 Å². The number of benzene rings is 3. The third-order valence-corrected chi connectivity index (χ3v) is 6.81. The van der Waals surface area contributed by atoms with Gasteiger partial charge in [0.25, 0.3) is 0 Å². The van der Waals surface area contributed by atoms with Crippen LogP contribution in [0.2, 0.25) is 5.02 Å². The third kappa shape index (κ3) is 6.74. The van der Waals surface area contributed by atoms with Gasteiger partial charge in [0, 0.05) is 5.39 Å². The van der Waals surface area contributed by atoms with Crippen molar-refractivity contribution >= 4 is 40.6 Å². The fourth-order valence-corrected chi connectivity index (χ4v) is 4.30. The Morgan fingerprint density at radius 2 is 1.97 bits per heavy atom. The molecule has 1 atom stereocenters. The average Bonchev–Trinajstić information content (AvgIpc) is 3.77. The standard InChI is InChI=1S/C31H27ClFNO5/c1-37-24-11-12-29(25(15-24)31(35)36)39-18-30(38-17-20-5-6-20)22-4-2-3-19(13-22)7-9-23-10-8-21-14-27(33)26(32)16-28(21)34-23/h2-4,7-16,20,30H,5-6,17-18H2,1H3,(H,35,36)/b9-7+. The monoisotopic (exact) mass is 547 g/mol. The maximum absolute atomic E-state index is 13.7. The van der Waals surface area contributed by atoms with Gasteiger partial charge in [-0.05, 0) is 78.4 Å². The minimum atomic E-state index is -1.10. The van der Waals surface area contributed by atoms with Gasteiger partial charge in [0.15, 0.2) is 0 Å². The van der Waals surface area contributed by atoms with E-state index in [1.54, 1.807) is 12.1 Å². The molecule has 1 aliphatic carbocycles. The highest BCUT2D eigenvalue weighted by Gasteiger charge is 2.25. The van der Waals surface area contributed by atoms with E-state index >= 15 is 0 Å². The normalized spacial score (nSPS) is 14.0. The van der Waals surface area contributed by atoms with Crippen LogP contribution < -0.4 is 9.47 Å². The van der Waals surface area contributed by atoms with Crippen molar-refractivity contribution in [3.8, 4) is 11.5 Å². The summed E-state index contributed by atoms with van der Waals surface area (Å²) in [4.78, 5) is 16.3. The van der Waals surface area contributed by atoms with Gasteiger partial charge in [-0.25, -0.2) is 14.2 Å². The summed E-state index contributed by atoms with van der Waals surface area (Å²) in [5.41, 5.74) is 3.20. The summed E-state index contributed by atoms with van der Waals surface area (Å²) in [5.74, 6) is -0.327. The number of nitrogens with zero attached hydrogens (tertiary/aromatic N) is 1. The highest BCUT2D eigenvalue weighted by molar-refractivity contribution is 6.31. The number of ether oxygens (including phenoxy) is 3. The maximum atomic E-state index is 13.7. The number of aromatic nitrogens is 1. The molecule has 1 saturated carbocycles. The molecule has 1 aliphatic rings. The maximum Gasteiger partial charge on any atom is 0.339 e. The van der Waals surface area contributed by atoms with Crippen LogP contribution in [0, 0.1) is 11.7 Å². The highest BCUT2D eigenvalue weighted by Crippen LogP contribution is 2.32. The first-order valence-electron chi connectivity index (χ1n) is 12.6. The molecular formula is C31H27ClFNO5. The Morgan fingerprint density at radius 3 is 2.74 bits per heavy atom. The molecule has 200 valence electrons. The highest BCUT2D eigenvalue weighted by atomic mass is 35.5. The van der Waals surface area contributed by atoms with E-state index in [2.05, 4.69) is 4.98 Å². The van der Waals surface area contributed by atoms with Crippen molar-refractivity contribution in [2.24, 2.45) is 5.92 Å². The molecule has 1 fully saturated rings. The van der Waals surface area contributed by atoms with Crippen molar-refractivity contribution < 1.29 is 28.5 Å². The number of hydrogen-bond acceptors (Lipinski definition) is 5. The van der Waals surface area contributed by atoms with Crippen LogP contribution in [0.3, 0.4) is 0 Å². The quantitative estimate of drug-likeness (QED) is 0.210. The Kier molecular flexibility index (Phi) is 8.10. The van der Waals surface area contributed by atoms with E-state index in [4.69, 9.17) is 25.8 Å². The number of pyridine rings is 1. The minimum absolute atomic E-state index is 0.0267. The van der Waals surface area contributed by atoms with Gasteiger partial charge in [0.1, 0.15) is 35.6 Å². The Balaban J connectivity index is 1.35. The van der Waals surface area contributed by atoms with E-state index in [1.165, 1.54) is 25.3 Å². The van der Waals surface area contributed by atoms with Crippen molar-refractivity contribution in [2.45, 2.75) is 18.9 Å². The van der Waals surface area contributed by atoms with Crippen molar-refractivity contribution in [3.63, 3.8) is 0 Å². The molecule has 0 spiro atoms. The fourth-order valence-electron chi connectivity index (χ4n) is 4.14. The number of carboxylic acid groups (broad SMARTS) is 1. The van der Waals surface area contributed by atoms with Crippen LogP contribution >= 0.6 is 11.6 Å². The molecule has 6 nitrogen and oxygen atoms in total. The Bertz CT molecular complexity index is 1540. The molecule has 5 rings (SSSR count). The van der Waals surface area contributed by atoms with Crippen LogP contribution in [0.4, 0.5) is 4.39 Å². The summed E-state index contributed by atoms with van der Waals surface area (Å²) in [6.45, 7) is 0.767. The second-order valence-electron chi connectivity index (χ2n) is 9.44. The largest absolute Gasteiger partial charge is 0.497 e. The second-order valence-corrected chi connectivity index (χ2v) is 9.85. The first-order chi connectivity index (χ1) is 18.9. The molecule has 0 bridgehead atoms. The molecule has 1 N–H and O–H groups in total. The van der Waals surface area contributed by atoms with Gasteiger partial charge >= 0.3 is 5.97 Å². The van der Waals surface area contributed by atoms with Gasteiger partial charge < -0.3 is 19.3 Å². The van der Waals surface area contributed by atoms with Crippen molar-refractivity contribution in [1.29, 1.82) is 0 Å². The van der Waals surface area contributed by atoms with Gasteiger partial charge in [0.05, 0.1) is 29.9 Å². The van der Waals surface area contributed by atoms with Crippen molar-refractivity contribution in [3.05, 3.63) is 100.0 Å². The van der Waals surface area contributed by atoms with Crippen molar-refractivity contribution in [1.82, 2.24) is 4.98 Å². The van der Waals surface area contributed by atoms with E-state index in [0.717, 1.165) is 24.0 Å². The van der Waals surface area contributed by atoms with Gasteiger partial charge in [-0.3, -0.25) is 0 Å². The molecular weight excluding hydrogens is 521 g/mol. The van der Waals surface area contributed by atoms with Crippen LogP contribution in [0.25, 0.3) is 23.1 Å². The molecule has 1 aromatic heterocycles. The van der Waals surface area contributed by atoms with Crippen LogP contribution in [-0.2, 0) is 4.74 Å². The lowest BCUT2D eigenvalue weighted by Crippen LogP contribution is -2.16. The zero-order valence-corrected chi connectivity index (χ0v) is 22.0. The number of halogens is 2. The molecule has 1 unspecified atom stereocenters. The first kappa shape index (κ1) is 26.7. The Labute approximate surface area is 230 Å². The molecule has 8 heteroatoms. The van der Waals surface area contributed by atoms with Gasteiger partial charge in [-0.2, -0.15) is 0 Å². The number of methoxy groups -OCH3 is 1. The summed E-state index contributed by atoms with van der Waals surface area (Å²) in [6.07, 6.45) is 5.72. The number of carboxylic acids is 1. The molecule has 0 saturated heterocycles. The number of aromatic carboxylic acids is 1. The van der Waals surface area contributed by atoms with Crippen molar-refractivity contribution in [2.75, 3.05) is 20.3 Å². The van der Waals surface area contributed by atoms with Crippen LogP contribution in [-0.4, -0.2) is 36.4 Å². The summed E-state index contributed by atoms with van der Waals surface area (Å²) >= 11 is 5.92. The van der Waals surface area contributed by atoms with E-state index in [9.17, 15) is 14.3 Å². The molecule has 1 heterocycles. The molecule has 0 aliphatic heterocycles. The summed E-state index contributed by atoms with van der Waals surface area (Å²) in [5, 5.41) is 10.3. The van der Waals surface area contributed by atoms with E-state index in [1.807, 2.05) is 48.6 Å². The predicted octanol–water partition coefficient (Wildman–Crippen LogP) is 7.45. The molecule has 0 radical (unpaired) electrons. The van der Waals surface area contributed by atoms with Crippen LogP contribution in [0.1, 0.15) is 46.1 Å². The lowest BCUT2D eigenvalue weighted by atomic mass is 10.1. The predicted molar refractivity (Wildman–Crippen MR) is 149 cm³/mol. The molecule has 3 aromatic carbocycles. The lowest BCUT2D eigenvalue weighted by molar-refractivity contribution is 0.0128. The SMILES string of the molecule is COc1ccc(OCC(OCC2CC2)c2cccc(/C=C/c3ccc4cc(F)c(Cl)cc4n3)c2)c(C(=O)O)c1.